The van der Waals surface area contributed by atoms with Crippen LogP contribution in [0.15, 0.2) is 12.1 Å². The lowest BCUT2D eigenvalue weighted by Gasteiger charge is -2.13. The van der Waals surface area contributed by atoms with Crippen LogP contribution in [0.1, 0.15) is 6.42 Å². The second kappa shape index (κ2) is 4.32. The van der Waals surface area contributed by atoms with Gasteiger partial charge in [-0.15, -0.1) is 0 Å². The molecule has 1 atom stereocenters. The van der Waals surface area contributed by atoms with Crippen molar-refractivity contribution in [3.8, 4) is 0 Å². The summed E-state index contributed by atoms with van der Waals surface area (Å²) in [6.07, 6.45) is -0.145. The summed E-state index contributed by atoms with van der Waals surface area (Å²) in [4.78, 5) is 23.7. The molecule has 1 aliphatic rings. The van der Waals surface area contributed by atoms with Crippen molar-refractivity contribution < 1.29 is 22.8 Å². The Morgan fingerprint density at radius 1 is 1.17 bits per heavy atom. The van der Waals surface area contributed by atoms with Gasteiger partial charge in [0, 0.05) is 19.2 Å². The number of anilines is 1. The van der Waals surface area contributed by atoms with E-state index in [2.05, 4.69) is 5.32 Å². The first kappa shape index (κ1) is 12.4. The molecule has 1 heterocycles. The molecule has 1 aliphatic heterocycles. The van der Waals surface area contributed by atoms with Gasteiger partial charge in [0.05, 0.1) is 12.1 Å². The molecule has 1 saturated heterocycles. The van der Waals surface area contributed by atoms with Crippen LogP contribution in [0, 0.1) is 17.5 Å². The zero-order chi connectivity index (χ0) is 13.4. The van der Waals surface area contributed by atoms with E-state index in [0.717, 1.165) is 4.90 Å². The second-order valence-corrected chi connectivity index (χ2v) is 3.94. The predicted octanol–water partition coefficient (Wildman–Crippen LogP) is 1.27. The van der Waals surface area contributed by atoms with Gasteiger partial charge in [0.2, 0.25) is 5.91 Å². The summed E-state index contributed by atoms with van der Waals surface area (Å²) in [6, 6.07) is 0.0328. The molecule has 1 unspecified atom stereocenters. The predicted molar refractivity (Wildman–Crippen MR) is 56.1 cm³/mol. The van der Waals surface area contributed by atoms with E-state index in [1.807, 2.05) is 0 Å². The Balaban J connectivity index is 2.23. The van der Waals surface area contributed by atoms with Crippen molar-refractivity contribution in [2.45, 2.75) is 12.5 Å². The van der Waals surface area contributed by atoms with Gasteiger partial charge < -0.3 is 5.32 Å². The summed E-state index contributed by atoms with van der Waals surface area (Å²) in [7, 11) is 1.30. The first-order chi connectivity index (χ1) is 8.40. The largest absolute Gasteiger partial charge is 0.371 e. The van der Waals surface area contributed by atoms with Crippen LogP contribution in [-0.2, 0) is 9.59 Å². The maximum atomic E-state index is 13.3. The Morgan fingerprint density at radius 2 is 1.78 bits per heavy atom. The summed E-state index contributed by atoms with van der Waals surface area (Å²) in [6.45, 7) is 0. The number of carbonyl (C=O) groups is 2. The Kier molecular flexibility index (Phi) is 2.98. The molecule has 0 radical (unpaired) electrons. The number of nitrogens with zero attached hydrogens (tertiary/aromatic N) is 1. The molecule has 1 fully saturated rings. The monoisotopic (exact) mass is 258 g/mol. The molecule has 1 aromatic rings. The van der Waals surface area contributed by atoms with Gasteiger partial charge in [-0.25, -0.2) is 13.2 Å². The fourth-order valence-corrected chi connectivity index (χ4v) is 1.69. The summed E-state index contributed by atoms with van der Waals surface area (Å²) in [5.74, 6) is -4.53. The lowest BCUT2D eigenvalue weighted by Crippen LogP contribution is -2.32. The molecule has 4 nitrogen and oxygen atoms in total. The Morgan fingerprint density at radius 3 is 2.33 bits per heavy atom. The topological polar surface area (TPSA) is 49.4 Å². The normalized spacial score (nSPS) is 19.6. The number of benzene rings is 1. The van der Waals surface area contributed by atoms with Crippen molar-refractivity contribution in [3.05, 3.63) is 29.6 Å². The van der Waals surface area contributed by atoms with Gasteiger partial charge in [-0.1, -0.05) is 0 Å². The third-order valence-electron chi connectivity index (χ3n) is 2.72. The Bertz CT molecular complexity index is 533. The number of hydrogen-bond acceptors (Lipinski definition) is 3. The van der Waals surface area contributed by atoms with Crippen LogP contribution in [-0.4, -0.2) is 29.8 Å². The first-order valence-corrected chi connectivity index (χ1v) is 5.11. The number of amides is 2. The molecule has 1 N–H and O–H groups in total. The Hall–Kier alpha value is -2.05. The SMILES string of the molecule is CN1C(=O)CC(Nc2cc(F)c(F)cc2F)C1=O. The van der Waals surface area contributed by atoms with Gasteiger partial charge in [0.1, 0.15) is 11.9 Å². The lowest BCUT2D eigenvalue weighted by atomic mass is 10.2. The first-order valence-electron chi connectivity index (χ1n) is 5.11. The van der Waals surface area contributed by atoms with Crippen LogP contribution in [0.3, 0.4) is 0 Å². The van der Waals surface area contributed by atoms with Gasteiger partial charge >= 0.3 is 0 Å². The quantitative estimate of drug-likeness (QED) is 0.642. The maximum absolute atomic E-state index is 13.3. The molecule has 2 amide bonds. The highest BCUT2D eigenvalue weighted by Crippen LogP contribution is 2.22. The van der Waals surface area contributed by atoms with E-state index < -0.39 is 35.3 Å². The van der Waals surface area contributed by atoms with Crippen molar-refractivity contribution in [2.75, 3.05) is 12.4 Å². The minimum atomic E-state index is -1.32. The summed E-state index contributed by atoms with van der Waals surface area (Å²) in [5, 5.41) is 2.39. The maximum Gasteiger partial charge on any atom is 0.251 e. The minimum Gasteiger partial charge on any atom is -0.371 e. The molecular formula is C11H9F3N2O2. The van der Waals surface area contributed by atoms with Gasteiger partial charge in [0.25, 0.3) is 5.91 Å². The number of halogens is 3. The molecular weight excluding hydrogens is 249 g/mol. The van der Waals surface area contributed by atoms with Gasteiger partial charge in [-0.05, 0) is 0 Å². The standard InChI is InChI=1S/C11H9F3N2O2/c1-16-10(17)4-9(11(16)18)15-8-3-6(13)5(12)2-7(8)14/h2-3,9,15H,4H2,1H3. The van der Waals surface area contributed by atoms with Crippen LogP contribution in [0.2, 0.25) is 0 Å². The van der Waals surface area contributed by atoms with E-state index in [4.69, 9.17) is 0 Å². The zero-order valence-corrected chi connectivity index (χ0v) is 9.34. The highest BCUT2D eigenvalue weighted by atomic mass is 19.2. The van der Waals surface area contributed by atoms with Crippen LogP contribution in [0.5, 0.6) is 0 Å². The zero-order valence-electron chi connectivity index (χ0n) is 9.34. The van der Waals surface area contributed by atoms with E-state index in [9.17, 15) is 22.8 Å². The van der Waals surface area contributed by atoms with Crippen LogP contribution in [0.25, 0.3) is 0 Å². The van der Waals surface area contributed by atoms with E-state index in [1.54, 1.807) is 0 Å². The fraction of sp³-hybridized carbons (Fsp3) is 0.273. The number of rotatable bonds is 2. The lowest BCUT2D eigenvalue weighted by molar-refractivity contribution is -0.136. The summed E-state index contributed by atoms with van der Waals surface area (Å²) < 4.78 is 39.0. The summed E-state index contributed by atoms with van der Waals surface area (Å²) >= 11 is 0. The van der Waals surface area contributed by atoms with Crippen LogP contribution in [0.4, 0.5) is 18.9 Å². The third-order valence-corrected chi connectivity index (χ3v) is 2.72. The number of likely N-dealkylation sites (N-methyl/N-ethyl adjacent to an activating group) is 1. The highest BCUT2D eigenvalue weighted by molar-refractivity contribution is 6.06. The van der Waals surface area contributed by atoms with Crippen molar-refractivity contribution in [1.82, 2.24) is 4.90 Å². The van der Waals surface area contributed by atoms with Crippen LogP contribution < -0.4 is 5.32 Å². The molecule has 0 bridgehead atoms. The van der Waals surface area contributed by atoms with Gasteiger partial charge in [0.15, 0.2) is 11.6 Å². The smallest absolute Gasteiger partial charge is 0.251 e. The molecule has 2 rings (SSSR count). The van der Waals surface area contributed by atoms with Crippen LogP contribution >= 0.6 is 0 Å². The number of likely N-dealkylation sites (tertiary alicyclic amines) is 1. The molecule has 96 valence electrons. The summed E-state index contributed by atoms with van der Waals surface area (Å²) in [5.41, 5.74) is -0.352. The average Bonchev–Trinajstić information content (AvgIpc) is 2.54. The number of imide groups is 1. The van der Waals surface area contributed by atoms with E-state index in [0.29, 0.717) is 12.1 Å². The average molecular weight is 258 g/mol. The number of hydrogen-bond donors (Lipinski definition) is 1. The van der Waals surface area contributed by atoms with Crippen molar-refractivity contribution >= 4 is 17.5 Å². The molecule has 0 aromatic heterocycles. The van der Waals surface area contributed by atoms with Crippen molar-refractivity contribution in [2.24, 2.45) is 0 Å². The second-order valence-electron chi connectivity index (χ2n) is 3.94. The number of nitrogens with one attached hydrogen (secondary N) is 1. The van der Waals surface area contributed by atoms with Crippen molar-refractivity contribution in [1.29, 1.82) is 0 Å². The van der Waals surface area contributed by atoms with Crippen molar-refractivity contribution in [3.63, 3.8) is 0 Å². The van der Waals surface area contributed by atoms with E-state index in [1.165, 1.54) is 7.05 Å². The fourth-order valence-electron chi connectivity index (χ4n) is 1.69. The molecule has 7 heteroatoms. The minimum absolute atomic E-state index is 0.145. The Labute approximate surface area is 100 Å². The van der Waals surface area contributed by atoms with Gasteiger partial charge in [-0.2, -0.15) is 0 Å². The molecule has 0 aliphatic carbocycles. The van der Waals surface area contributed by atoms with E-state index >= 15 is 0 Å². The molecule has 0 spiro atoms. The van der Waals surface area contributed by atoms with Gasteiger partial charge in [-0.3, -0.25) is 14.5 Å². The third kappa shape index (κ3) is 2.03. The molecule has 0 saturated carbocycles. The molecule has 1 aromatic carbocycles. The molecule has 18 heavy (non-hydrogen) atoms. The highest BCUT2D eigenvalue weighted by Gasteiger charge is 2.36. The van der Waals surface area contributed by atoms with E-state index in [-0.39, 0.29) is 12.1 Å². The number of carbonyl (C=O) groups excluding carboxylic acids is 2.